The summed E-state index contributed by atoms with van der Waals surface area (Å²) in [6.45, 7) is 6.34. The van der Waals surface area contributed by atoms with Gasteiger partial charge in [-0.05, 0) is 44.6 Å². The van der Waals surface area contributed by atoms with Crippen LogP contribution >= 0.6 is 0 Å². The van der Waals surface area contributed by atoms with Crippen molar-refractivity contribution in [2.24, 2.45) is 5.92 Å². The number of ketones is 1. The Morgan fingerprint density at radius 2 is 1.78 bits per heavy atom. The molecular weight excluding hydrogens is 301 g/mol. The van der Waals surface area contributed by atoms with Crippen molar-refractivity contribution < 1.29 is 18.0 Å². The molecule has 0 N–H and O–H groups in total. The van der Waals surface area contributed by atoms with Crippen LogP contribution < -0.4 is 0 Å². The Kier molecular flexibility index (Phi) is 7.27. The second-order valence-corrected chi connectivity index (χ2v) is 6.05. The van der Waals surface area contributed by atoms with E-state index in [1.165, 1.54) is 29.8 Å². The molecule has 23 heavy (non-hydrogen) atoms. The van der Waals surface area contributed by atoms with Crippen LogP contribution in [0.5, 0.6) is 0 Å². The first-order valence-electron chi connectivity index (χ1n) is 7.71. The molecule has 0 aliphatic heterocycles. The van der Waals surface area contributed by atoms with Crippen LogP contribution in [0.15, 0.2) is 42.0 Å². The van der Waals surface area contributed by atoms with Crippen molar-refractivity contribution in [3.8, 4) is 0 Å². The maximum absolute atomic E-state index is 12.3. The van der Waals surface area contributed by atoms with E-state index in [4.69, 9.17) is 0 Å². The second-order valence-electron chi connectivity index (χ2n) is 6.05. The lowest BCUT2D eigenvalue weighted by molar-refractivity contribution is -0.0885. The first-order chi connectivity index (χ1) is 10.7. The zero-order valence-corrected chi connectivity index (χ0v) is 13.8. The van der Waals surface area contributed by atoms with Gasteiger partial charge < -0.3 is 0 Å². The Labute approximate surface area is 135 Å². The lowest BCUT2D eigenvalue weighted by Crippen LogP contribution is -2.22. The predicted molar refractivity (Wildman–Crippen MR) is 88.3 cm³/mol. The van der Waals surface area contributed by atoms with E-state index in [2.05, 4.69) is 26.8 Å². The molecule has 0 heterocycles. The first-order valence-corrected chi connectivity index (χ1v) is 7.71. The monoisotopic (exact) mass is 324 g/mol. The number of rotatable bonds is 7. The minimum absolute atomic E-state index is 0.329. The van der Waals surface area contributed by atoms with E-state index >= 15 is 0 Å². The van der Waals surface area contributed by atoms with Crippen molar-refractivity contribution in [1.29, 1.82) is 0 Å². The fraction of sp³-hybridized carbons (Fsp3) is 0.421. The van der Waals surface area contributed by atoms with E-state index in [-0.39, 0.29) is 5.56 Å². The maximum atomic E-state index is 12.3. The Morgan fingerprint density at radius 3 is 2.30 bits per heavy atom. The highest BCUT2D eigenvalue weighted by molar-refractivity contribution is 6.00. The molecule has 0 amide bonds. The standard InChI is InChI=1S/C19H23F3O/c1-14(2)6-4-7-15(3)8-5-9-16-10-12-17(13-11-16)18(23)19(20,21)22/h5-6,9-13,15H,4,7-8H2,1-3H3/b9-5-. The summed E-state index contributed by atoms with van der Waals surface area (Å²) in [6.07, 6.45) is 4.38. The third-order valence-electron chi connectivity index (χ3n) is 3.49. The average Bonchev–Trinajstić information content (AvgIpc) is 2.46. The van der Waals surface area contributed by atoms with E-state index in [0.717, 1.165) is 24.8 Å². The number of carbonyl (C=O) groups is 1. The minimum atomic E-state index is -4.82. The van der Waals surface area contributed by atoms with Crippen molar-refractivity contribution in [2.45, 2.75) is 46.2 Å². The molecule has 1 aromatic carbocycles. The van der Waals surface area contributed by atoms with Gasteiger partial charge >= 0.3 is 6.18 Å². The number of halogens is 3. The van der Waals surface area contributed by atoms with Crippen LogP contribution in [0.3, 0.4) is 0 Å². The van der Waals surface area contributed by atoms with Gasteiger partial charge in [-0.25, -0.2) is 0 Å². The SMILES string of the molecule is CC(C)=CCCC(C)C/C=C\c1ccc(C(=O)C(F)(F)F)cc1. The first kappa shape index (κ1) is 19.2. The quantitative estimate of drug-likeness (QED) is 0.430. The summed E-state index contributed by atoms with van der Waals surface area (Å²) >= 11 is 0. The van der Waals surface area contributed by atoms with Crippen molar-refractivity contribution in [1.82, 2.24) is 0 Å². The zero-order valence-electron chi connectivity index (χ0n) is 13.8. The number of Topliss-reactive ketones (excluding diaryl/α,β-unsaturated/α-hetero) is 1. The Morgan fingerprint density at radius 1 is 1.17 bits per heavy atom. The van der Waals surface area contributed by atoms with E-state index in [1.807, 2.05) is 12.2 Å². The van der Waals surface area contributed by atoms with Gasteiger partial charge in [-0.3, -0.25) is 4.79 Å². The van der Waals surface area contributed by atoms with Crippen molar-refractivity contribution in [2.75, 3.05) is 0 Å². The van der Waals surface area contributed by atoms with Crippen LogP contribution in [0.2, 0.25) is 0 Å². The molecule has 1 atom stereocenters. The second kappa shape index (κ2) is 8.70. The number of allylic oxidation sites excluding steroid dienone is 3. The van der Waals surface area contributed by atoms with Gasteiger partial charge in [0.05, 0.1) is 0 Å². The highest BCUT2D eigenvalue weighted by Gasteiger charge is 2.38. The highest BCUT2D eigenvalue weighted by atomic mass is 19.4. The summed E-state index contributed by atoms with van der Waals surface area (Å²) < 4.78 is 36.9. The molecule has 0 fully saturated rings. The molecule has 0 aliphatic rings. The molecular formula is C19H23F3O. The smallest absolute Gasteiger partial charge is 0.284 e. The normalized spacial score (nSPS) is 13.1. The van der Waals surface area contributed by atoms with Gasteiger partial charge in [0.25, 0.3) is 5.78 Å². The van der Waals surface area contributed by atoms with Gasteiger partial charge in [0.15, 0.2) is 0 Å². The van der Waals surface area contributed by atoms with Crippen LogP contribution in [0.4, 0.5) is 13.2 Å². The summed E-state index contributed by atoms with van der Waals surface area (Å²) in [6, 6.07) is 5.49. The Bertz CT molecular complexity index is 561. The average molecular weight is 324 g/mol. The molecule has 1 nitrogen and oxygen atoms in total. The molecule has 126 valence electrons. The number of alkyl halides is 3. The van der Waals surface area contributed by atoms with Crippen LogP contribution in [0.1, 0.15) is 56.0 Å². The maximum Gasteiger partial charge on any atom is 0.454 e. The van der Waals surface area contributed by atoms with Gasteiger partial charge in [-0.2, -0.15) is 13.2 Å². The lowest BCUT2D eigenvalue weighted by Gasteiger charge is -2.07. The Balaban J connectivity index is 2.52. The highest BCUT2D eigenvalue weighted by Crippen LogP contribution is 2.22. The number of hydrogen-bond acceptors (Lipinski definition) is 1. The molecule has 0 saturated carbocycles. The molecule has 0 radical (unpaired) electrons. The van der Waals surface area contributed by atoms with Crippen LogP contribution in [0.25, 0.3) is 6.08 Å². The summed E-state index contributed by atoms with van der Waals surface area (Å²) in [4.78, 5) is 11.1. The molecule has 1 rings (SSSR count). The number of benzene rings is 1. The van der Waals surface area contributed by atoms with Gasteiger partial charge in [-0.1, -0.05) is 55.0 Å². The predicted octanol–water partition coefficient (Wildman–Crippen LogP) is 6.22. The third kappa shape index (κ3) is 7.31. The van der Waals surface area contributed by atoms with Crippen LogP contribution in [-0.2, 0) is 0 Å². The van der Waals surface area contributed by atoms with Crippen molar-refractivity contribution in [3.05, 3.63) is 53.1 Å². The summed E-state index contributed by atoms with van der Waals surface area (Å²) in [5, 5.41) is 0. The molecule has 1 aromatic rings. The van der Waals surface area contributed by atoms with Crippen LogP contribution in [0, 0.1) is 5.92 Å². The van der Waals surface area contributed by atoms with Crippen LogP contribution in [-0.4, -0.2) is 12.0 Å². The largest absolute Gasteiger partial charge is 0.454 e. The van der Waals surface area contributed by atoms with Gasteiger partial charge in [0.1, 0.15) is 0 Å². The van der Waals surface area contributed by atoms with E-state index in [9.17, 15) is 18.0 Å². The number of carbonyl (C=O) groups excluding carboxylic acids is 1. The summed E-state index contributed by atoms with van der Waals surface area (Å²) in [7, 11) is 0. The zero-order chi connectivity index (χ0) is 17.5. The summed E-state index contributed by atoms with van der Waals surface area (Å²) in [5.74, 6) is -1.26. The summed E-state index contributed by atoms with van der Waals surface area (Å²) in [5.41, 5.74) is 1.78. The third-order valence-corrected chi connectivity index (χ3v) is 3.49. The van der Waals surface area contributed by atoms with E-state index in [0.29, 0.717) is 5.92 Å². The molecule has 0 saturated heterocycles. The fourth-order valence-electron chi connectivity index (χ4n) is 2.12. The minimum Gasteiger partial charge on any atom is -0.284 e. The van der Waals surface area contributed by atoms with Gasteiger partial charge in [0, 0.05) is 5.56 Å². The lowest BCUT2D eigenvalue weighted by atomic mass is 10.00. The topological polar surface area (TPSA) is 17.1 Å². The molecule has 0 aliphatic carbocycles. The van der Waals surface area contributed by atoms with Crippen molar-refractivity contribution >= 4 is 11.9 Å². The molecule has 4 heteroatoms. The van der Waals surface area contributed by atoms with Gasteiger partial charge in [0.2, 0.25) is 0 Å². The van der Waals surface area contributed by atoms with Gasteiger partial charge in [-0.15, -0.1) is 0 Å². The molecule has 0 bridgehead atoms. The molecule has 0 aromatic heterocycles. The van der Waals surface area contributed by atoms with E-state index < -0.39 is 12.0 Å². The van der Waals surface area contributed by atoms with E-state index in [1.54, 1.807) is 0 Å². The fourth-order valence-corrected chi connectivity index (χ4v) is 2.12. The Hall–Kier alpha value is -1.84. The number of hydrogen-bond donors (Lipinski definition) is 0. The van der Waals surface area contributed by atoms with Crippen molar-refractivity contribution in [3.63, 3.8) is 0 Å². The molecule has 0 spiro atoms. The molecule has 1 unspecified atom stereocenters.